The van der Waals surface area contributed by atoms with Crippen LogP contribution in [-0.2, 0) is 11.2 Å². The van der Waals surface area contributed by atoms with Crippen molar-refractivity contribution in [3.63, 3.8) is 0 Å². The van der Waals surface area contributed by atoms with Crippen LogP contribution < -0.4 is 10.6 Å². The topological polar surface area (TPSA) is 46.3 Å². The van der Waals surface area contributed by atoms with Gasteiger partial charge in [-0.25, -0.2) is 0 Å². The van der Waals surface area contributed by atoms with E-state index in [1.165, 1.54) is 0 Å². The maximum atomic E-state index is 12.2. The molecule has 0 bridgehead atoms. The third-order valence-electron chi connectivity index (χ3n) is 2.81. The summed E-state index contributed by atoms with van der Waals surface area (Å²) >= 11 is 6.59. The van der Waals surface area contributed by atoms with Crippen LogP contribution in [0.5, 0.6) is 0 Å². The van der Waals surface area contributed by atoms with Gasteiger partial charge in [-0.15, -0.1) is 11.3 Å². The SMILES string of the molecule is CN(C(=O)Cc1cccs1)c1ccccc1C(N)=S. The standard InChI is InChI=1S/C14H14N2OS2/c1-16(13(17)9-10-5-4-8-19-10)12-7-3-2-6-11(12)14(15)18/h2-8H,9H2,1H3,(H2,15,18). The van der Waals surface area contributed by atoms with Gasteiger partial charge in [0.05, 0.1) is 12.1 Å². The zero-order chi connectivity index (χ0) is 13.8. The van der Waals surface area contributed by atoms with Crippen LogP contribution >= 0.6 is 23.6 Å². The van der Waals surface area contributed by atoms with Crippen LogP contribution in [0, 0.1) is 0 Å². The Kier molecular flexibility index (Phi) is 4.29. The summed E-state index contributed by atoms with van der Waals surface area (Å²) in [7, 11) is 1.74. The lowest BCUT2D eigenvalue weighted by atomic mass is 10.1. The second-order valence-corrected chi connectivity index (χ2v) is 5.56. The van der Waals surface area contributed by atoms with Gasteiger partial charge in [-0.05, 0) is 23.6 Å². The van der Waals surface area contributed by atoms with Crippen LogP contribution in [0.2, 0.25) is 0 Å². The van der Waals surface area contributed by atoms with Crippen molar-refractivity contribution in [2.24, 2.45) is 5.73 Å². The van der Waals surface area contributed by atoms with E-state index in [0.29, 0.717) is 11.4 Å². The van der Waals surface area contributed by atoms with E-state index < -0.39 is 0 Å². The van der Waals surface area contributed by atoms with Crippen molar-refractivity contribution in [1.29, 1.82) is 0 Å². The summed E-state index contributed by atoms with van der Waals surface area (Å²) in [6.45, 7) is 0. The molecule has 0 spiro atoms. The van der Waals surface area contributed by atoms with Crippen LogP contribution in [-0.4, -0.2) is 17.9 Å². The van der Waals surface area contributed by atoms with E-state index in [-0.39, 0.29) is 5.91 Å². The summed E-state index contributed by atoms with van der Waals surface area (Å²) < 4.78 is 0. The molecule has 0 unspecified atom stereocenters. The number of hydrogen-bond acceptors (Lipinski definition) is 3. The van der Waals surface area contributed by atoms with Crippen molar-refractivity contribution in [1.82, 2.24) is 0 Å². The molecule has 2 N–H and O–H groups in total. The van der Waals surface area contributed by atoms with Crippen LogP contribution in [0.25, 0.3) is 0 Å². The first-order valence-electron chi connectivity index (χ1n) is 5.77. The molecule has 2 aromatic rings. The number of carbonyl (C=O) groups excluding carboxylic acids is 1. The summed E-state index contributed by atoms with van der Waals surface area (Å²) in [4.78, 5) is 15.2. The highest BCUT2D eigenvalue weighted by atomic mass is 32.1. The largest absolute Gasteiger partial charge is 0.389 e. The van der Waals surface area contributed by atoms with Crippen molar-refractivity contribution in [3.8, 4) is 0 Å². The third-order valence-corrected chi connectivity index (χ3v) is 3.91. The van der Waals surface area contributed by atoms with E-state index in [4.69, 9.17) is 18.0 Å². The molecule has 1 heterocycles. The van der Waals surface area contributed by atoms with Crippen LogP contribution in [0.15, 0.2) is 41.8 Å². The van der Waals surface area contributed by atoms with E-state index in [0.717, 1.165) is 16.1 Å². The molecule has 98 valence electrons. The number of rotatable bonds is 4. The number of anilines is 1. The van der Waals surface area contributed by atoms with E-state index in [2.05, 4.69) is 0 Å². The lowest BCUT2D eigenvalue weighted by Gasteiger charge is -2.20. The van der Waals surface area contributed by atoms with Crippen molar-refractivity contribution in [2.75, 3.05) is 11.9 Å². The molecule has 1 amide bonds. The number of amides is 1. The minimum Gasteiger partial charge on any atom is -0.389 e. The Balaban J connectivity index is 2.22. The summed E-state index contributed by atoms with van der Waals surface area (Å²) in [6.07, 6.45) is 0.389. The summed E-state index contributed by atoms with van der Waals surface area (Å²) in [5.41, 5.74) is 7.15. The van der Waals surface area contributed by atoms with Crippen molar-refractivity contribution in [3.05, 3.63) is 52.2 Å². The minimum absolute atomic E-state index is 0.0196. The van der Waals surface area contributed by atoms with E-state index >= 15 is 0 Å². The average Bonchev–Trinajstić information content (AvgIpc) is 2.90. The fraction of sp³-hybridized carbons (Fsp3) is 0.143. The number of thiocarbonyl (C=S) groups is 1. The van der Waals surface area contributed by atoms with Gasteiger partial charge < -0.3 is 10.6 Å². The first kappa shape index (κ1) is 13.7. The Bertz CT molecular complexity index is 593. The highest BCUT2D eigenvalue weighted by molar-refractivity contribution is 7.80. The lowest BCUT2D eigenvalue weighted by molar-refractivity contribution is -0.117. The zero-order valence-electron chi connectivity index (χ0n) is 10.5. The Morgan fingerprint density at radius 3 is 2.68 bits per heavy atom. The van der Waals surface area contributed by atoms with Gasteiger partial charge >= 0.3 is 0 Å². The molecule has 0 aliphatic carbocycles. The van der Waals surface area contributed by atoms with Crippen LogP contribution in [0.3, 0.4) is 0 Å². The summed E-state index contributed by atoms with van der Waals surface area (Å²) in [5.74, 6) is 0.0196. The maximum absolute atomic E-state index is 12.2. The third kappa shape index (κ3) is 3.19. The number of hydrogen-bond donors (Lipinski definition) is 1. The van der Waals surface area contributed by atoms with E-state index in [9.17, 15) is 4.79 Å². The second-order valence-electron chi connectivity index (χ2n) is 4.09. The Hall–Kier alpha value is -1.72. The number of thiophene rings is 1. The molecular weight excluding hydrogens is 276 g/mol. The second kappa shape index (κ2) is 5.95. The molecule has 5 heteroatoms. The van der Waals surface area contributed by atoms with Gasteiger partial charge in [-0.1, -0.05) is 30.4 Å². The molecule has 1 aromatic carbocycles. The minimum atomic E-state index is 0.0196. The molecule has 0 atom stereocenters. The zero-order valence-corrected chi connectivity index (χ0v) is 12.1. The maximum Gasteiger partial charge on any atom is 0.231 e. The van der Waals surface area contributed by atoms with E-state index in [1.54, 1.807) is 23.3 Å². The van der Waals surface area contributed by atoms with Gasteiger partial charge in [0, 0.05) is 17.5 Å². The fourth-order valence-corrected chi connectivity index (χ4v) is 2.66. The Morgan fingerprint density at radius 1 is 1.32 bits per heavy atom. The number of para-hydroxylation sites is 1. The first-order chi connectivity index (χ1) is 9.09. The fourth-order valence-electron chi connectivity index (χ4n) is 1.79. The molecule has 1 aromatic heterocycles. The monoisotopic (exact) mass is 290 g/mol. The molecule has 0 radical (unpaired) electrons. The summed E-state index contributed by atoms with van der Waals surface area (Å²) in [6, 6.07) is 11.3. The van der Waals surface area contributed by atoms with Crippen LogP contribution in [0.4, 0.5) is 5.69 Å². The average molecular weight is 290 g/mol. The molecule has 0 fully saturated rings. The first-order valence-corrected chi connectivity index (χ1v) is 7.06. The van der Waals surface area contributed by atoms with Crippen molar-refractivity contribution < 1.29 is 4.79 Å². The van der Waals surface area contributed by atoms with Crippen LogP contribution in [0.1, 0.15) is 10.4 Å². The molecule has 0 aliphatic rings. The van der Waals surface area contributed by atoms with Gasteiger partial charge in [0.1, 0.15) is 4.99 Å². The Labute approximate surface area is 121 Å². The van der Waals surface area contributed by atoms with E-state index in [1.807, 2.05) is 41.8 Å². The van der Waals surface area contributed by atoms with Gasteiger partial charge in [-0.3, -0.25) is 4.79 Å². The number of benzene rings is 1. The molecule has 0 saturated carbocycles. The molecule has 2 rings (SSSR count). The predicted molar refractivity (Wildman–Crippen MR) is 83.8 cm³/mol. The van der Waals surface area contributed by atoms with Gasteiger partial charge in [0.2, 0.25) is 5.91 Å². The highest BCUT2D eigenvalue weighted by Gasteiger charge is 2.16. The molecule has 3 nitrogen and oxygen atoms in total. The number of likely N-dealkylation sites (N-methyl/N-ethyl adjacent to an activating group) is 1. The molecular formula is C14H14N2OS2. The van der Waals surface area contributed by atoms with Crippen molar-refractivity contribution in [2.45, 2.75) is 6.42 Å². The number of carbonyl (C=O) groups is 1. The quantitative estimate of drug-likeness (QED) is 0.880. The molecule has 0 aliphatic heterocycles. The van der Waals surface area contributed by atoms with Gasteiger partial charge in [0.25, 0.3) is 0 Å². The van der Waals surface area contributed by atoms with Gasteiger partial charge in [-0.2, -0.15) is 0 Å². The molecule has 19 heavy (non-hydrogen) atoms. The highest BCUT2D eigenvalue weighted by Crippen LogP contribution is 2.20. The predicted octanol–water partition coefficient (Wildman–Crippen LogP) is 2.59. The smallest absolute Gasteiger partial charge is 0.231 e. The molecule has 0 saturated heterocycles. The normalized spacial score (nSPS) is 10.2. The van der Waals surface area contributed by atoms with Gasteiger partial charge in [0.15, 0.2) is 0 Å². The number of nitrogens with zero attached hydrogens (tertiary/aromatic N) is 1. The lowest BCUT2D eigenvalue weighted by Crippen LogP contribution is -2.29. The van der Waals surface area contributed by atoms with Crippen molar-refractivity contribution >= 4 is 40.1 Å². The number of nitrogens with two attached hydrogens (primary N) is 1. The summed E-state index contributed by atoms with van der Waals surface area (Å²) in [5, 5.41) is 1.96. The Morgan fingerprint density at radius 2 is 2.05 bits per heavy atom.